The van der Waals surface area contributed by atoms with Crippen LogP contribution in [0.15, 0.2) is 48.5 Å². The molecule has 0 bridgehead atoms. The topological polar surface area (TPSA) is 52.6 Å². The molecule has 25 heavy (non-hydrogen) atoms. The summed E-state index contributed by atoms with van der Waals surface area (Å²) in [6.07, 6.45) is 2.54. The fourth-order valence-electron chi connectivity index (χ4n) is 3.58. The Bertz CT molecular complexity index is 764. The second kappa shape index (κ2) is 7.09. The van der Waals surface area contributed by atoms with E-state index in [4.69, 9.17) is 9.47 Å². The molecule has 0 saturated carbocycles. The molecule has 4 heteroatoms. The highest BCUT2D eigenvalue weighted by molar-refractivity contribution is 6.01. The molecule has 0 saturated heterocycles. The lowest BCUT2D eigenvalue weighted by Gasteiger charge is -2.22. The van der Waals surface area contributed by atoms with Gasteiger partial charge in [0.15, 0.2) is 5.41 Å². The van der Waals surface area contributed by atoms with Crippen molar-refractivity contribution < 1.29 is 19.1 Å². The van der Waals surface area contributed by atoms with Crippen LogP contribution in [0.5, 0.6) is 0 Å². The first-order valence-corrected chi connectivity index (χ1v) is 8.40. The van der Waals surface area contributed by atoms with Crippen molar-refractivity contribution in [3.8, 4) is 0 Å². The van der Waals surface area contributed by atoms with Crippen molar-refractivity contribution in [2.24, 2.45) is 5.41 Å². The molecule has 0 spiro atoms. The van der Waals surface area contributed by atoms with Crippen molar-refractivity contribution in [2.75, 3.05) is 14.2 Å². The van der Waals surface area contributed by atoms with Gasteiger partial charge in [-0.25, -0.2) is 0 Å². The van der Waals surface area contributed by atoms with Gasteiger partial charge >= 0.3 is 11.9 Å². The molecule has 0 amide bonds. The minimum atomic E-state index is -1.25. The summed E-state index contributed by atoms with van der Waals surface area (Å²) in [6, 6.07) is 16.5. The number of benzene rings is 2. The largest absolute Gasteiger partial charge is 0.468 e. The van der Waals surface area contributed by atoms with E-state index in [1.165, 1.54) is 25.3 Å². The Balaban J connectivity index is 1.79. The normalized spacial score (nSPS) is 14.6. The van der Waals surface area contributed by atoms with Gasteiger partial charge in [-0.3, -0.25) is 9.59 Å². The van der Waals surface area contributed by atoms with Gasteiger partial charge in [0.25, 0.3) is 0 Å². The van der Waals surface area contributed by atoms with Crippen molar-refractivity contribution >= 4 is 11.9 Å². The lowest BCUT2D eigenvalue weighted by Crippen LogP contribution is -2.42. The van der Waals surface area contributed by atoms with Gasteiger partial charge in [-0.15, -0.1) is 0 Å². The summed E-state index contributed by atoms with van der Waals surface area (Å²) in [5.74, 6) is -1.05. The Morgan fingerprint density at radius 2 is 1.44 bits per heavy atom. The summed E-state index contributed by atoms with van der Waals surface area (Å²) in [4.78, 5) is 24.6. The summed E-state index contributed by atoms with van der Waals surface area (Å²) in [6.45, 7) is 0. The molecule has 0 fully saturated rings. The Labute approximate surface area is 147 Å². The van der Waals surface area contributed by atoms with Gasteiger partial charge in [-0.05, 0) is 47.9 Å². The quantitative estimate of drug-likeness (QED) is 0.621. The van der Waals surface area contributed by atoms with Crippen LogP contribution in [0.2, 0.25) is 0 Å². The molecular formula is C21H22O4. The van der Waals surface area contributed by atoms with Crippen LogP contribution in [0.4, 0.5) is 0 Å². The zero-order valence-corrected chi connectivity index (χ0v) is 14.6. The number of hydrogen-bond donors (Lipinski definition) is 0. The van der Waals surface area contributed by atoms with E-state index in [0.29, 0.717) is 12.8 Å². The second-order valence-corrected chi connectivity index (χ2v) is 6.51. The summed E-state index contributed by atoms with van der Waals surface area (Å²) >= 11 is 0. The lowest BCUT2D eigenvalue weighted by molar-refractivity contribution is -0.168. The SMILES string of the molecule is COC(=O)C1(C(=O)OC)Cc2ccc(CCc3ccccc3)cc2C1. The molecule has 0 N–H and O–H groups in total. The number of ether oxygens (including phenoxy) is 2. The van der Waals surface area contributed by atoms with Crippen LogP contribution in [-0.4, -0.2) is 26.2 Å². The number of hydrogen-bond acceptors (Lipinski definition) is 4. The van der Waals surface area contributed by atoms with Crippen molar-refractivity contribution in [1.82, 2.24) is 0 Å². The number of esters is 2. The minimum Gasteiger partial charge on any atom is -0.468 e. The molecule has 4 nitrogen and oxygen atoms in total. The van der Waals surface area contributed by atoms with Gasteiger partial charge in [0.1, 0.15) is 0 Å². The smallest absolute Gasteiger partial charge is 0.323 e. The molecule has 0 aliphatic heterocycles. The number of rotatable bonds is 5. The average Bonchev–Trinajstić information content (AvgIpc) is 3.05. The predicted octanol–water partition coefficient (Wildman–Crippen LogP) is 2.90. The first-order valence-electron chi connectivity index (χ1n) is 8.40. The fourth-order valence-corrected chi connectivity index (χ4v) is 3.58. The monoisotopic (exact) mass is 338 g/mol. The highest BCUT2D eigenvalue weighted by Gasteiger charge is 2.52. The maximum Gasteiger partial charge on any atom is 0.323 e. The predicted molar refractivity (Wildman–Crippen MR) is 94.2 cm³/mol. The highest BCUT2D eigenvalue weighted by Crippen LogP contribution is 2.39. The van der Waals surface area contributed by atoms with E-state index in [9.17, 15) is 9.59 Å². The third-order valence-electron chi connectivity index (χ3n) is 4.95. The molecule has 1 aliphatic carbocycles. The molecule has 3 rings (SSSR count). The molecule has 0 aromatic heterocycles. The van der Waals surface area contributed by atoms with E-state index in [1.807, 2.05) is 24.3 Å². The maximum atomic E-state index is 12.3. The van der Waals surface area contributed by atoms with E-state index in [-0.39, 0.29) is 0 Å². The molecule has 2 aromatic rings. The van der Waals surface area contributed by atoms with E-state index in [1.54, 1.807) is 0 Å². The van der Waals surface area contributed by atoms with E-state index in [2.05, 4.69) is 24.3 Å². The van der Waals surface area contributed by atoms with E-state index in [0.717, 1.165) is 24.0 Å². The molecule has 2 aromatic carbocycles. The standard InChI is InChI=1S/C21H22O4/c1-24-19(22)21(20(23)25-2)13-17-11-10-16(12-18(17)14-21)9-8-15-6-4-3-5-7-15/h3-7,10-12H,8-9,13-14H2,1-2H3. The molecule has 0 atom stereocenters. The molecular weight excluding hydrogens is 316 g/mol. The maximum absolute atomic E-state index is 12.3. The molecule has 130 valence electrons. The Morgan fingerprint density at radius 3 is 2.08 bits per heavy atom. The zero-order valence-electron chi connectivity index (χ0n) is 14.6. The summed E-state index contributed by atoms with van der Waals surface area (Å²) < 4.78 is 9.77. The number of aryl methyl sites for hydroxylation is 2. The van der Waals surface area contributed by atoms with Gasteiger partial charge in [-0.1, -0.05) is 48.5 Å². The van der Waals surface area contributed by atoms with Crippen molar-refractivity contribution in [2.45, 2.75) is 25.7 Å². The molecule has 0 unspecified atom stereocenters. The van der Waals surface area contributed by atoms with Gasteiger partial charge in [0.2, 0.25) is 0 Å². The first-order chi connectivity index (χ1) is 12.1. The number of carbonyl (C=O) groups excluding carboxylic acids is 2. The van der Waals surface area contributed by atoms with E-state index < -0.39 is 17.4 Å². The van der Waals surface area contributed by atoms with Crippen LogP contribution >= 0.6 is 0 Å². The lowest BCUT2D eigenvalue weighted by atomic mass is 9.85. The van der Waals surface area contributed by atoms with Crippen molar-refractivity contribution in [1.29, 1.82) is 0 Å². The highest BCUT2D eigenvalue weighted by atomic mass is 16.5. The van der Waals surface area contributed by atoms with Crippen LogP contribution < -0.4 is 0 Å². The number of carbonyl (C=O) groups is 2. The van der Waals surface area contributed by atoms with Crippen LogP contribution in [0.3, 0.4) is 0 Å². The van der Waals surface area contributed by atoms with Gasteiger partial charge in [0.05, 0.1) is 14.2 Å². The summed E-state index contributed by atoms with van der Waals surface area (Å²) in [5, 5.41) is 0. The number of methoxy groups -OCH3 is 2. The molecule has 1 aliphatic rings. The van der Waals surface area contributed by atoms with Crippen molar-refractivity contribution in [3.63, 3.8) is 0 Å². The van der Waals surface area contributed by atoms with Crippen molar-refractivity contribution in [3.05, 3.63) is 70.8 Å². The Morgan fingerprint density at radius 1 is 0.840 bits per heavy atom. The van der Waals surface area contributed by atoms with Gasteiger partial charge in [-0.2, -0.15) is 0 Å². The molecule has 0 radical (unpaired) electrons. The van der Waals surface area contributed by atoms with Gasteiger partial charge in [0, 0.05) is 0 Å². The Kier molecular flexibility index (Phi) is 4.88. The minimum absolute atomic E-state index is 0.334. The van der Waals surface area contributed by atoms with Crippen LogP contribution in [-0.2, 0) is 44.7 Å². The number of fused-ring (bicyclic) bond motifs is 1. The fraction of sp³-hybridized carbons (Fsp3) is 0.333. The summed E-state index contributed by atoms with van der Waals surface area (Å²) in [5.41, 5.74) is 3.29. The summed E-state index contributed by atoms with van der Waals surface area (Å²) in [7, 11) is 2.61. The average molecular weight is 338 g/mol. The van der Waals surface area contributed by atoms with Gasteiger partial charge < -0.3 is 9.47 Å². The van der Waals surface area contributed by atoms with E-state index >= 15 is 0 Å². The Hall–Kier alpha value is -2.62. The van der Waals surface area contributed by atoms with Crippen LogP contribution in [0.1, 0.15) is 22.3 Å². The second-order valence-electron chi connectivity index (χ2n) is 6.51. The molecule has 0 heterocycles. The first kappa shape index (κ1) is 17.2. The third kappa shape index (κ3) is 3.29. The third-order valence-corrected chi connectivity index (χ3v) is 4.95. The van der Waals surface area contributed by atoms with Crippen LogP contribution in [0.25, 0.3) is 0 Å². The van der Waals surface area contributed by atoms with Crippen LogP contribution in [0, 0.1) is 5.41 Å². The zero-order chi connectivity index (χ0) is 17.9.